The van der Waals surface area contributed by atoms with Crippen LogP contribution in [0.2, 0.25) is 0 Å². The van der Waals surface area contributed by atoms with Crippen molar-refractivity contribution in [1.29, 1.82) is 0 Å². The van der Waals surface area contributed by atoms with Crippen molar-refractivity contribution in [2.75, 3.05) is 13.1 Å². The van der Waals surface area contributed by atoms with E-state index >= 15 is 0 Å². The monoisotopic (exact) mass is 284 g/mol. The quantitative estimate of drug-likeness (QED) is 0.362. The second-order valence-electron chi connectivity index (χ2n) is 5.57. The van der Waals surface area contributed by atoms with Crippen LogP contribution in [0.1, 0.15) is 38.7 Å². The summed E-state index contributed by atoms with van der Waals surface area (Å²) in [5, 5.41) is 10.6. The maximum Gasteiger partial charge on any atom is 1.00 e. The maximum atomic E-state index is 10.6. The van der Waals surface area contributed by atoms with Gasteiger partial charge in [0.15, 0.2) is 0 Å². The van der Waals surface area contributed by atoms with Crippen LogP contribution in [0, 0.1) is 0 Å². The summed E-state index contributed by atoms with van der Waals surface area (Å²) in [5.74, 6) is -1.01. The molecule has 0 aromatic heterocycles. The first kappa shape index (κ1) is 17.7. The van der Waals surface area contributed by atoms with E-state index in [2.05, 4.69) is 26.0 Å². The molecule has 1 aromatic rings. The zero-order valence-electron chi connectivity index (χ0n) is 12.9. The van der Waals surface area contributed by atoms with Crippen LogP contribution in [0.15, 0.2) is 24.3 Å². The first-order valence-electron chi connectivity index (χ1n) is 7.28. The molecule has 1 aliphatic heterocycles. The first-order valence-corrected chi connectivity index (χ1v) is 7.28. The summed E-state index contributed by atoms with van der Waals surface area (Å²) in [6.45, 7) is 6.91. The molecular formula is C16H23NNaO2+. The standard InChI is InChI=1S/C16H23NO2.Na/c1-3-5-10-17(12-14(17)4-2)15-8-6-13(7-9-15)11-16(18)19;/h6-9,14H,3-5,10-12H2,1-2H3;/q;+1. The molecule has 0 radical (unpaired) electrons. The Morgan fingerprint density at radius 1 is 1.30 bits per heavy atom. The van der Waals surface area contributed by atoms with Crippen molar-refractivity contribution < 1.29 is 39.5 Å². The molecule has 1 heterocycles. The van der Waals surface area contributed by atoms with Crippen LogP contribution >= 0.6 is 0 Å². The second-order valence-corrected chi connectivity index (χ2v) is 5.57. The molecule has 0 spiro atoms. The molecule has 4 heteroatoms. The number of carbonyl (C=O) groups excluding carboxylic acids is 1. The average Bonchev–Trinajstić information content (AvgIpc) is 3.11. The van der Waals surface area contributed by atoms with Gasteiger partial charge in [0.1, 0.15) is 18.3 Å². The van der Waals surface area contributed by atoms with Crippen molar-refractivity contribution in [2.24, 2.45) is 0 Å². The van der Waals surface area contributed by atoms with Crippen molar-refractivity contribution >= 4 is 11.7 Å². The molecule has 0 saturated carbocycles. The molecule has 3 nitrogen and oxygen atoms in total. The molecule has 2 rings (SSSR count). The summed E-state index contributed by atoms with van der Waals surface area (Å²) in [5.41, 5.74) is 2.16. The van der Waals surface area contributed by atoms with E-state index in [4.69, 9.17) is 0 Å². The number of quaternary nitrogens is 1. The third-order valence-electron chi connectivity index (χ3n) is 4.28. The SMILES string of the molecule is CCCC[N+]1(c2ccc(CC(=O)[O-])cc2)CC1CC.[Na+]. The number of hydrogen-bond acceptors (Lipinski definition) is 2. The number of rotatable bonds is 7. The van der Waals surface area contributed by atoms with Crippen LogP contribution < -0.4 is 39.1 Å². The van der Waals surface area contributed by atoms with Gasteiger partial charge >= 0.3 is 29.6 Å². The number of carboxylic acids is 1. The zero-order valence-corrected chi connectivity index (χ0v) is 14.9. The van der Waals surface area contributed by atoms with Crippen LogP contribution in [-0.4, -0.2) is 25.1 Å². The van der Waals surface area contributed by atoms with Gasteiger partial charge in [0.2, 0.25) is 0 Å². The Morgan fingerprint density at radius 3 is 2.40 bits per heavy atom. The molecular weight excluding hydrogens is 261 g/mol. The van der Waals surface area contributed by atoms with Crippen LogP contribution in [0.4, 0.5) is 5.69 Å². The van der Waals surface area contributed by atoms with E-state index in [9.17, 15) is 9.90 Å². The smallest absolute Gasteiger partial charge is 0.550 e. The first-order chi connectivity index (χ1) is 9.12. The molecule has 2 unspecified atom stereocenters. The third kappa shape index (κ3) is 3.85. The molecule has 1 aliphatic rings. The average molecular weight is 284 g/mol. The Balaban J connectivity index is 0.00000200. The minimum atomic E-state index is -1.01. The fourth-order valence-electron chi connectivity index (χ4n) is 3.04. The topological polar surface area (TPSA) is 40.1 Å². The second kappa shape index (κ2) is 7.60. The van der Waals surface area contributed by atoms with Gasteiger partial charge in [0.05, 0.1) is 6.54 Å². The Morgan fingerprint density at radius 2 is 1.95 bits per heavy atom. The van der Waals surface area contributed by atoms with E-state index in [0.717, 1.165) is 16.1 Å². The largest absolute Gasteiger partial charge is 1.00 e. The van der Waals surface area contributed by atoms with Crippen LogP contribution in [0.25, 0.3) is 0 Å². The van der Waals surface area contributed by atoms with E-state index in [1.54, 1.807) is 0 Å². The molecule has 1 fully saturated rings. The Hall–Kier alpha value is -0.350. The third-order valence-corrected chi connectivity index (χ3v) is 4.28. The van der Waals surface area contributed by atoms with Gasteiger partial charge in [-0.1, -0.05) is 32.4 Å². The van der Waals surface area contributed by atoms with Crippen molar-refractivity contribution in [1.82, 2.24) is 4.48 Å². The summed E-state index contributed by atoms with van der Waals surface area (Å²) in [4.78, 5) is 10.6. The van der Waals surface area contributed by atoms with Crippen molar-refractivity contribution in [3.05, 3.63) is 29.8 Å². The fraction of sp³-hybridized carbons (Fsp3) is 0.562. The predicted molar refractivity (Wildman–Crippen MR) is 75.7 cm³/mol. The number of carbonyl (C=O) groups is 1. The van der Waals surface area contributed by atoms with E-state index < -0.39 is 5.97 Å². The Bertz CT molecular complexity index is 446. The summed E-state index contributed by atoms with van der Waals surface area (Å²) in [7, 11) is 0. The summed E-state index contributed by atoms with van der Waals surface area (Å²) < 4.78 is 1.09. The number of unbranched alkanes of at least 4 members (excludes halogenated alkanes) is 1. The van der Waals surface area contributed by atoms with Crippen molar-refractivity contribution in [3.8, 4) is 0 Å². The number of aliphatic carboxylic acids is 1. The Labute approximate surface area is 143 Å². The number of nitrogens with zero attached hydrogens (tertiary/aromatic N) is 1. The number of benzene rings is 1. The summed E-state index contributed by atoms with van der Waals surface area (Å²) in [6, 6.07) is 8.82. The van der Waals surface area contributed by atoms with E-state index in [1.807, 2.05) is 12.1 Å². The molecule has 1 aromatic carbocycles. The number of carboxylic acid groups (broad SMARTS) is 1. The van der Waals surface area contributed by atoms with Gasteiger partial charge in [0, 0.05) is 18.8 Å². The Kier molecular flexibility index (Phi) is 6.73. The summed E-state index contributed by atoms with van der Waals surface area (Å²) >= 11 is 0. The van der Waals surface area contributed by atoms with Gasteiger partial charge in [0.25, 0.3) is 0 Å². The van der Waals surface area contributed by atoms with Gasteiger partial charge < -0.3 is 9.90 Å². The molecule has 104 valence electrons. The van der Waals surface area contributed by atoms with E-state index in [-0.39, 0.29) is 36.0 Å². The van der Waals surface area contributed by atoms with Gasteiger partial charge in [-0.05, 0) is 24.1 Å². The van der Waals surface area contributed by atoms with Crippen LogP contribution in [0.3, 0.4) is 0 Å². The van der Waals surface area contributed by atoms with Gasteiger partial charge in [-0.25, -0.2) is 0 Å². The molecule has 0 bridgehead atoms. The minimum Gasteiger partial charge on any atom is -0.550 e. The molecule has 1 saturated heterocycles. The minimum absolute atomic E-state index is 0. The fourth-order valence-corrected chi connectivity index (χ4v) is 3.04. The molecule has 2 atom stereocenters. The van der Waals surface area contributed by atoms with Crippen LogP contribution in [0.5, 0.6) is 0 Å². The van der Waals surface area contributed by atoms with E-state index in [0.29, 0.717) is 0 Å². The zero-order chi connectivity index (χ0) is 13.9. The van der Waals surface area contributed by atoms with E-state index in [1.165, 1.54) is 38.0 Å². The van der Waals surface area contributed by atoms with Crippen LogP contribution in [-0.2, 0) is 11.2 Å². The normalized spacial score (nSPS) is 24.0. The molecule has 0 amide bonds. The van der Waals surface area contributed by atoms with Gasteiger partial charge in [-0.15, -0.1) is 0 Å². The van der Waals surface area contributed by atoms with Gasteiger partial charge in [-0.3, -0.25) is 4.48 Å². The predicted octanol–water partition coefficient (Wildman–Crippen LogP) is -1.12. The molecule has 0 aliphatic carbocycles. The van der Waals surface area contributed by atoms with Crippen molar-refractivity contribution in [2.45, 2.75) is 45.6 Å². The van der Waals surface area contributed by atoms with Gasteiger partial charge in [-0.2, -0.15) is 0 Å². The number of hydrogen-bond donors (Lipinski definition) is 0. The maximum absolute atomic E-state index is 10.6. The van der Waals surface area contributed by atoms with Crippen molar-refractivity contribution in [3.63, 3.8) is 0 Å². The molecule has 0 N–H and O–H groups in total. The summed E-state index contributed by atoms with van der Waals surface area (Å²) in [6.07, 6.45) is 3.69. The molecule has 20 heavy (non-hydrogen) atoms.